The summed E-state index contributed by atoms with van der Waals surface area (Å²) in [7, 11) is 0. The van der Waals surface area contributed by atoms with Crippen LogP contribution < -0.4 is 0 Å². The van der Waals surface area contributed by atoms with Crippen molar-refractivity contribution in [3.63, 3.8) is 0 Å². The summed E-state index contributed by atoms with van der Waals surface area (Å²) in [4.78, 5) is 12.4. The van der Waals surface area contributed by atoms with Crippen LogP contribution in [-0.4, -0.2) is 29.9 Å². The Morgan fingerprint density at radius 2 is 1.79 bits per heavy atom. The summed E-state index contributed by atoms with van der Waals surface area (Å²) in [5.74, 6) is 1.53. The van der Waals surface area contributed by atoms with Crippen LogP contribution in [0.1, 0.15) is 58.9 Å². The van der Waals surface area contributed by atoms with E-state index in [1.165, 1.54) is 0 Å². The van der Waals surface area contributed by atoms with Gasteiger partial charge in [0.25, 0.3) is 0 Å². The molecule has 1 aromatic rings. The zero-order valence-corrected chi connectivity index (χ0v) is 17.8. The van der Waals surface area contributed by atoms with Gasteiger partial charge in [-0.1, -0.05) is 64.1 Å². The third kappa shape index (κ3) is 7.06. The van der Waals surface area contributed by atoms with Crippen molar-refractivity contribution >= 4 is 5.97 Å². The van der Waals surface area contributed by atoms with Crippen molar-refractivity contribution in [3.8, 4) is 0 Å². The zero-order chi connectivity index (χ0) is 20.6. The number of hydrogen-bond acceptors (Lipinski definition) is 4. The first-order chi connectivity index (χ1) is 13.3. The fraction of sp³-hybridized carbons (Fsp3) is 0.625. The summed E-state index contributed by atoms with van der Waals surface area (Å²) >= 11 is 0. The molecule has 1 aromatic carbocycles. The zero-order valence-electron chi connectivity index (χ0n) is 17.8. The highest BCUT2D eigenvalue weighted by atomic mass is 16.6. The normalized spacial score (nSPS) is 21.3. The number of rotatable bonds is 11. The number of esters is 1. The number of cyclic esters (lactones) is 1. The summed E-state index contributed by atoms with van der Waals surface area (Å²) < 4.78 is 11.3. The van der Waals surface area contributed by atoms with Crippen LogP contribution in [0.5, 0.6) is 0 Å². The lowest BCUT2D eigenvalue weighted by molar-refractivity contribution is -0.157. The molecule has 28 heavy (non-hydrogen) atoms. The van der Waals surface area contributed by atoms with Crippen molar-refractivity contribution < 1.29 is 19.4 Å². The first kappa shape index (κ1) is 22.6. The number of aliphatic hydroxyl groups excluding tert-OH is 1. The Morgan fingerprint density at radius 1 is 1.14 bits per heavy atom. The highest BCUT2D eigenvalue weighted by Gasteiger charge is 2.43. The Morgan fingerprint density at radius 3 is 2.36 bits per heavy atom. The van der Waals surface area contributed by atoms with E-state index < -0.39 is 5.60 Å². The van der Waals surface area contributed by atoms with Gasteiger partial charge in [-0.2, -0.15) is 0 Å². The molecule has 0 saturated carbocycles. The van der Waals surface area contributed by atoms with Crippen molar-refractivity contribution in [3.05, 3.63) is 47.5 Å². The summed E-state index contributed by atoms with van der Waals surface area (Å²) in [6.45, 7) is 9.37. The van der Waals surface area contributed by atoms with Crippen LogP contribution in [0.25, 0.3) is 0 Å². The lowest BCUT2D eigenvalue weighted by Gasteiger charge is -2.24. The summed E-state index contributed by atoms with van der Waals surface area (Å²) in [6.07, 6.45) is 5.64. The van der Waals surface area contributed by atoms with Gasteiger partial charge in [-0.25, -0.2) is 4.79 Å². The molecule has 0 radical (unpaired) electrons. The highest BCUT2D eigenvalue weighted by Crippen LogP contribution is 2.33. The number of ether oxygens (including phenoxy) is 2. The average molecular weight is 389 g/mol. The predicted octanol–water partition coefficient (Wildman–Crippen LogP) is 4.91. The monoisotopic (exact) mass is 388 g/mol. The molecule has 1 fully saturated rings. The molecule has 0 spiro atoms. The van der Waals surface area contributed by atoms with Gasteiger partial charge in [0.05, 0.1) is 19.8 Å². The van der Waals surface area contributed by atoms with Crippen LogP contribution in [0.3, 0.4) is 0 Å². The number of carbonyl (C=O) groups is 1. The third-order valence-electron chi connectivity index (χ3n) is 5.16. The molecule has 0 aliphatic carbocycles. The number of hydrogen-bond donors (Lipinski definition) is 1. The van der Waals surface area contributed by atoms with Crippen LogP contribution in [0.4, 0.5) is 0 Å². The molecule has 0 amide bonds. The van der Waals surface area contributed by atoms with Crippen molar-refractivity contribution in [2.45, 2.75) is 65.6 Å². The molecule has 156 valence electrons. The molecule has 0 aromatic heterocycles. The Bertz CT molecular complexity index is 625. The van der Waals surface area contributed by atoms with Crippen molar-refractivity contribution in [1.29, 1.82) is 0 Å². The first-order valence-corrected chi connectivity index (χ1v) is 10.5. The smallest absolute Gasteiger partial charge is 0.334 e. The Hall–Kier alpha value is -1.65. The molecule has 1 heterocycles. The molecule has 0 bridgehead atoms. The second-order valence-electron chi connectivity index (χ2n) is 8.98. The van der Waals surface area contributed by atoms with Crippen LogP contribution in [0.15, 0.2) is 42.0 Å². The second-order valence-corrected chi connectivity index (χ2v) is 8.98. The van der Waals surface area contributed by atoms with Crippen molar-refractivity contribution in [2.75, 3.05) is 13.2 Å². The minimum atomic E-state index is -0.955. The van der Waals surface area contributed by atoms with E-state index in [1.54, 1.807) is 0 Å². The molecule has 1 aliphatic heterocycles. The van der Waals surface area contributed by atoms with Gasteiger partial charge in [0, 0.05) is 12.0 Å². The van der Waals surface area contributed by atoms with Crippen LogP contribution in [0, 0.1) is 17.8 Å². The van der Waals surface area contributed by atoms with Crippen molar-refractivity contribution in [2.24, 2.45) is 17.8 Å². The molecule has 1 aliphatic rings. The van der Waals surface area contributed by atoms with Crippen LogP contribution in [-0.2, 0) is 20.9 Å². The van der Waals surface area contributed by atoms with Gasteiger partial charge in [-0.3, -0.25) is 0 Å². The quantitative estimate of drug-likeness (QED) is 0.432. The second kappa shape index (κ2) is 10.8. The molecular formula is C24H36O4. The van der Waals surface area contributed by atoms with Gasteiger partial charge in [0.1, 0.15) is 0 Å². The summed E-state index contributed by atoms with van der Waals surface area (Å²) in [5.41, 5.74) is 0.777. The van der Waals surface area contributed by atoms with E-state index >= 15 is 0 Å². The maximum Gasteiger partial charge on any atom is 0.334 e. The maximum atomic E-state index is 12.4. The molecule has 4 heteroatoms. The van der Waals surface area contributed by atoms with Gasteiger partial charge in [-0.05, 0) is 42.6 Å². The van der Waals surface area contributed by atoms with E-state index in [2.05, 4.69) is 27.7 Å². The molecule has 1 saturated heterocycles. The Kier molecular flexibility index (Phi) is 8.71. The number of aliphatic hydroxyl groups is 1. The maximum absolute atomic E-state index is 12.4. The van der Waals surface area contributed by atoms with Gasteiger partial charge in [0.2, 0.25) is 0 Å². The minimum absolute atomic E-state index is 0.197. The fourth-order valence-electron chi connectivity index (χ4n) is 3.95. The lowest BCUT2D eigenvalue weighted by Crippen LogP contribution is -2.38. The van der Waals surface area contributed by atoms with E-state index in [0.717, 1.165) is 24.8 Å². The molecule has 2 rings (SSSR count). The molecule has 0 unspecified atom stereocenters. The van der Waals surface area contributed by atoms with E-state index in [1.807, 2.05) is 36.4 Å². The Balaban J connectivity index is 1.95. The molecule has 1 atom stereocenters. The molecule has 1 N–H and O–H groups in total. The van der Waals surface area contributed by atoms with E-state index in [9.17, 15) is 9.90 Å². The third-order valence-corrected chi connectivity index (χ3v) is 5.16. The van der Waals surface area contributed by atoms with Gasteiger partial charge in [-0.15, -0.1) is 0 Å². The van der Waals surface area contributed by atoms with Gasteiger partial charge >= 0.3 is 5.97 Å². The minimum Gasteiger partial charge on any atom is -0.450 e. The lowest BCUT2D eigenvalue weighted by atomic mass is 9.86. The molecule has 4 nitrogen and oxygen atoms in total. The first-order valence-electron chi connectivity index (χ1n) is 10.5. The van der Waals surface area contributed by atoms with Crippen molar-refractivity contribution in [1.82, 2.24) is 0 Å². The largest absolute Gasteiger partial charge is 0.450 e. The SMILES string of the molecule is CC(C)CC(C/C=C1\C[C@](CO)(COCc2ccccc2)OC1=O)CC(C)C. The number of allylic oxidation sites excluding steroid dienone is 1. The van der Waals surface area contributed by atoms with Crippen LogP contribution in [0.2, 0.25) is 0 Å². The number of benzene rings is 1. The summed E-state index contributed by atoms with van der Waals surface area (Å²) in [5, 5.41) is 9.88. The molecular weight excluding hydrogens is 352 g/mol. The average Bonchev–Trinajstić information content (AvgIpc) is 2.96. The predicted molar refractivity (Wildman–Crippen MR) is 112 cm³/mol. The van der Waals surface area contributed by atoms with Crippen LogP contribution >= 0.6 is 0 Å². The van der Waals surface area contributed by atoms with Gasteiger partial charge < -0.3 is 14.6 Å². The van der Waals surface area contributed by atoms with E-state index in [4.69, 9.17) is 9.47 Å². The standard InChI is InChI=1S/C24H36O4/c1-18(2)12-21(13-19(3)4)10-11-22-14-24(16-25,28-23(22)26)17-27-15-20-8-6-5-7-9-20/h5-9,11,18-19,21,25H,10,12-17H2,1-4H3/b22-11+/t24-/m0/s1. The van der Waals surface area contributed by atoms with E-state index in [0.29, 0.717) is 36.4 Å². The summed E-state index contributed by atoms with van der Waals surface area (Å²) in [6, 6.07) is 9.85. The van der Waals surface area contributed by atoms with Gasteiger partial charge in [0.15, 0.2) is 5.60 Å². The highest BCUT2D eigenvalue weighted by molar-refractivity contribution is 5.91. The Labute approximate surface area is 169 Å². The topological polar surface area (TPSA) is 55.8 Å². The number of carbonyl (C=O) groups excluding carboxylic acids is 1. The van der Waals surface area contributed by atoms with E-state index in [-0.39, 0.29) is 19.2 Å². The fourth-order valence-corrected chi connectivity index (χ4v) is 3.95.